The van der Waals surface area contributed by atoms with Crippen molar-refractivity contribution < 1.29 is 22.6 Å². The zero-order valence-electron chi connectivity index (χ0n) is 8.96. The van der Waals surface area contributed by atoms with Gasteiger partial charge in [-0.25, -0.2) is 0 Å². The average molecular weight is 247 g/mol. The van der Waals surface area contributed by atoms with Crippen LogP contribution in [0.2, 0.25) is 0 Å². The van der Waals surface area contributed by atoms with Gasteiger partial charge in [0.15, 0.2) is 0 Å². The summed E-state index contributed by atoms with van der Waals surface area (Å²) in [6.07, 6.45) is -4.52. The maximum absolute atomic E-state index is 12.7. The Kier molecular flexibility index (Phi) is 3.26. The molecule has 0 radical (unpaired) electrons. The van der Waals surface area contributed by atoms with Gasteiger partial charge in [0, 0.05) is 5.69 Å². The Balaban J connectivity index is 2.13. The fourth-order valence-corrected chi connectivity index (χ4v) is 1.50. The van der Waals surface area contributed by atoms with E-state index in [0.717, 1.165) is 6.07 Å². The van der Waals surface area contributed by atoms with Gasteiger partial charge in [0.2, 0.25) is 0 Å². The third-order valence-corrected chi connectivity index (χ3v) is 2.52. The Bertz CT molecular complexity index is 402. The first kappa shape index (κ1) is 12.2. The average Bonchev–Trinajstić information content (AvgIpc) is 2.16. The van der Waals surface area contributed by atoms with E-state index >= 15 is 0 Å². The number of ether oxygens (including phenoxy) is 2. The number of anilines is 1. The van der Waals surface area contributed by atoms with Crippen molar-refractivity contribution in [1.29, 1.82) is 0 Å². The molecule has 94 valence electrons. The van der Waals surface area contributed by atoms with Crippen LogP contribution < -0.4 is 5.73 Å². The first-order valence-corrected chi connectivity index (χ1v) is 5.12. The van der Waals surface area contributed by atoms with Crippen molar-refractivity contribution in [2.75, 3.05) is 18.9 Å². The van der Waals surface area contributed by atoms with Gasteiger partial charge in [-0.2, -0.15) is 13.2 Å². The molecular weight excluding hydrogens is 235 g/mol. The molecule has 1 aromatic rings. The largest absolute Gasteiger partial charge is 0.416 e. The first-order chi connectivity index (χ1) is 7.97. The monoisotopic (exact) mass is 247 g/mol. The summed E-state index contributed by atoms with van der Waals surface area (Å²) in [4.78, 5) is 0. The highest BCUT2D eigenvalue weighted by atomic mass is 19.4. The number of hydrogen-bond acceptors (Lipinski definition) is 3. The number of rotatable bonds is 3. The Hall–Kier alpha value is -1.27. The molecule has 17 heavy (non-hydrogen) atoms. The van der Waals surface area contributed by atoms with Crippen molar-refractivity contribution in [3.63, 3.8) is 0 Å². The third-order valence-electron chi connectivity index (χ3n) is 2.52. The van der Waals surface area contributed by atoms with E-state index in [1.54, 1.807) is 0 Å². The fraction of sp³-hybridized carbons (Fsp3) is 0.455. The van der Waals surface area contributed by atoms with E-state index < -0.39 is 11.7 Å². The van der Waals surface area contributed by atoms with Crippen LogP contribution in [-0.4, -0.2) is 19.3 Å². The van der Waals surface area contributed by atoms with Crippen LogP contribution in [0.1, 0.15) is 11.1 Å². The molecule has 1 heterocycles. The summed E-state index contributed by atoms with van der Waals surface area (Å²) in [6.45, 7) is 0.801. The molecule has 1 aliphatic heterocycles. The number of nitrogens with two attached hydrogens (primary N) is 1. The van der Waals surface area contributed by atoms with Crippen LogP contribution in [0.5, 0.6) is 0 Å². The quantitative estimate of drug-likeness (QED) is 0.833. The van der Waals surface area contributed by atoms with Crippen molar-refractivity contribution >= 4 is 5.69 Å². The molecule has 2 N–H and O–H groups in total. The van der Waals surface area contributed by atoms with E-state index in [-0.39, 0.29) is 24.0 Å². The fourth-order valence-electron chi connectivity index (χ4n) is 1.50. The molecule has 1 aliphatic rings. The van der Waals surface area contributed by atoms with Gasteiger partial charge in [0.05, 0.1) is 25.4 Å². The molecule has 0 saturated carbocycles. The molecule has 1 aromatic carbocycles. The van der Waals surface area contributed by atoms with E-state index in [9.17, 15) is 13.2 Å². The Labute approximate surface area is 96.3 Å². The van der Waals surface area contributed by atoms with Crippen LogP contribution in [0.3, 0.4) is 0 Å². The van der Waals surface area contributed by atoms with Crippen molar-refractivity contribution in [3.05, 3.63) is 29.3 Å². The van der Waals surface area contributed by atoms with E-state index in [1.165, 1.54) is 12.1 Å². The summed E-state index contributed by atoms with van der Waals surface area (Å²) in [5.74, 6) is 0. The predicted molar refractivity (Wildman–Crippen MR) is 55.3 cm³/mol. The Morgan fingerprint density at radius 2 is 2.06 bits per heavy atom. The van der Waals surface area contributed by atoms with Crippen molar-refractivity contribution in [2.24, 2.45) is 0 Å². The smallest absolute Gasteiger partial charge is 0.399 e. The molecule has 0 aromatic heterocycles. The van der Waals surface area contributed by atoms with Gasteiger partial charge in [-0.3, -0.25) is 0 Å². The molecule has 1 saturated heterocycles. The van der Waals surface area contributed by atoms with Gasteiger partial charge in [0.1, 0.15) is 6.10 Å². The van der Waals surface area contributed by atoms with E-state index in [2.05, 4.69) is 0 Å². The lowest BCUT2D eigenvalue weighted by Gasteiger charge is -2.26. The lowest BCUT2D eigenvalue weighted by Crippen LogP contribution is -2.36. The highest BCUT2D eigenvalue weighted by molar-refractivity contribution is 5.45. The molecule has 1 fully saturated rings. The third kappa shape index (κ3) is 2.89. The number of nitrogen functional groups attached to an aromatic ring is 1. The highest BCUT2D eigenvalue weighted by Crippen LogP contribution is 2.33. The summed E-state index contributed by atoms with van der Waals surface area (Å²) < 4.78 is 48.3. The van der Waals surface area contributed by atoms with Gasteiger partial charge < -0.3 is 15.2 Å². The van der Waals surface area contributed by atoms with E-state index in [0.29, 0.717) is 13.2 Å². The molecule has 0 bridgehead atoms. The maximum atomic E-state index is 12.7. The minimum atomic E-state index is -4.41. The SMILES string of the molecule is Nc1ccc(COC2COC2)c(C(F)(F)F)c1. The van der Waals surface area contributed by atoms with Crippen LogP contribution in [0.4, 0.5) is 18.9 Å². The minimum Gasteiger partial charge on any atom is -0.399 e. The molecule has 0 atom stereocenters. The molecule has 0 unspecified atom stereocenters. The Morgan fingerprint density at radius 1 is 1.35 bits per heavy atom. The lowest BCUT2D eigenvalue weighted by molar-refractivity contribution is -0.146. The van der Waals surface area contributed by atoms with Crippen LogP contribution >= 0.6 is 0 Å². The van der Waals surface area contributed by atoms with Crippen LogP contribution in [0, 0.1) is 0 Å². The van der Waals surface area contributed by atoms with Gasteiger partial charge in [-0.1, -0.05) is 6.07 Å². The van der Waals surface area contributed by atoms with Crippen LogP contribution in [0.15, 0.2) is 18.2 Å². The van der Waals surface area contributed by atoms with Crippen LogP contribution in [0.25, 0.3) is 0 Å². The zero-order chi connectivity index (χ0) is 12.5. The summed E-state index contributed by atoms with van der Waals surface area (Å²) >= 11 is 0. The molecule has 3 nitrogen and oxygen atoms in total. The summed E-state index contributed by atoms with van der Waals surface area (Å²) in [7, 11) is 0. The molecule has 6 heteroatoms. The number of halogens is 3. The second-order valence-electron chi connectivity index (χ2n) is 3.88. The lowest BCUT2D eigenvalue weighted by atomic mass is 10.1. The van der Waals surface area contributed by atoms with Crippen molar-refractivity contribution in [1.82, 2.24) is 0 Å². The van der Waals surface area contributed by atoms with Gasteiger partial charge in [-0.05, 0) is 17.7 Å². The van der Waals surface area contributed by atoms with E-state index in [4.69, 9.17) is 15.2 Å². The number of benzene rings is 1. The molecule has 2 rings (SSSR count). The Morgan fingerprint density at radius 3 is 2.59 bits per heavy atom. The van der Waals surface area contributed by atoms with Gasteiger partial charge in [-0.15, -0.1) is 0 Å². The molecule has 0 aliphatic carbocycles. The van der Waals surface area contributed by atoms with Crippen molar-refractivity contribution in [3.8, 4) is 0 Å². The summed E-state index contributed by atoms with van der Waals surface area (Å²) in [6, 6.07) is 3.71. The predicted octanol–water partition coefficient (Wildman–Crippen LogP) is 2.20. The normalized spacial score (nSPS) is 16.9. The number of alkyl halides is 3. The standard InChI is InChI=1S/C11H12F3NO2/c12-11(13,14)10-3-8(15)2-1-7(10)4-17-9-5-16-6-9/h1-3,9H,4-6,15H2. The topological polar surface area (TPSA) is 44.5 Å². The second-order valence-corrected chi connectivity index (χ2v) is 3.88. The second kappa shape index (κ2) is 4.54. The zero-order valence-corrected chi connectivity index (χ0v) is 8.96. The maximum Gasteiger partial charge on any atom is 0.416 e. The molecule has 0 spiro atoms. The van der Waals surface area contributed by atoms with E-state index in [1.807, 2.05) is 0 Å². The highest BCUT2D eigenvalue weighted by Gasteiger charge is 2.33. The summed E-state index contributed by atoms with van der Waals surface area (Å²) in [5.41, 5.74) is 4.81. The van der Waals surface area contributed by atoms with Crippen LogP contribution in [-0.2, 0) is 22.3 Å². The first-order valence-electron chi connectivity index (χ1n) is 5.12. The van der Waals surface area contributed by atoms with Gasteiger partial charge in [0.25, 0.3) is 0 Å². The number of hydrogen-bond donors (Lipinski definition) is 1. The van der Waals surface area contributed by atoms with Gasteiger partial charge >= 0.3 is 6.18 Å². The summed E-state index contributed by atoms with van der Waals surface area (Å²) in [5, 5.41) is 0. The molecular formula is C11H12F3NO2. The molecule has 0 amide bonds. The van der Waals surface area contributed by atoms with Crippen molar-refractivity contribution in [2.45, 2.75) is 18.9 Å². The minimum absolute atomic E-state index is 0.0802.